The van der Waals surface area contributed by atoms with Crippen LogP contribution >= 0.6 is 11.3 Å². The van der Waals surface area contributed by atoms with Crippen molar-refractivity contribution in [3.8, 4) is 0 Å². The van der Waals surface area contributed by atoms with E-state index in [9.17, 15) is 4.79 Å². The SMILES string of the molecule is Cc1cccnc1NC(=O)CN1CC(C)N(c2ncnc3sccc23)C(C)C1. The Morgan fingerprint density at radius 3 is 2.75 bits per heavy atom. The molecule has 0 bridgehead atoms. The maximum atomic E-state index is 12.5. The first kappa shape index (κ1) is 18.8. The number of hydrogen-bond donors (Lipinski definition) is 1. The van der Waals surface area contributed by atoms with Crippen molar-refractivity contribution in [3.63, 3.8) is 0 Å². The molecule has 2 atom stereocenters. The Morgan fingerprint density at radius 2 is 2.00 bits per heavy atom. The molecule has 146 valence electrons. The van der Waals surface area contributed by atoms with Gasteiger partial charge in [0, 0.05) is 31.4 Å². The van der Waals surface area contributed by atoms with Crippen molar-refractivity contribution >= 4 is 39.1 Å². The summed E-state index contributed by atoms with van der Waals surface area (Å²) in [5.41, 5.74) is 0.964. The number of carbonyl (C=O) groups is 1. The summed E-state index contributed by atoms with van der Waals surface area (Å²) in [6, 6.07) is 6.38. The first-order chi connectivity index (χ1) is 13.5. The fraction of sp³-hybridized carbons (Fsp3) is 0.400. The van der Waals surface area contributed by atoms with Crippen LogP contribution in [-0.2, 0) is 4.79 Å². The van der Waals surface area contributed by atoms with Gasteiger partial charge in [-0.15, -0.1) is 11.3 Å². The smallest absolute Gasteiger partial charge is 0.239 e. The number of pyridine rings is 1. The molecule has 8 heteroatoms. The summed E-state index contributed by atoms with van der Waals surface area (Å²) in [6.07, 6.45) is 3.33. The highest BCUT2D eigenvalue weighted by Crippen LogP contribution is 2.31. The molecule has 1 N–H and O–H groups in total. The molecule has 1 fully saturated rings. The van der Waals surface area contributed by atoms with Crippen LogP contribution < -0.4 is 10.2 Å². The van der Waals surface area contributed by atoms with E-state index in [1.807, 2.05) is 19.1 Å². The van der Waals surface area contributed by atoms with Gasteiger partial charge in [-0.3, -0.25) is 9.69 Å². The molecule has 1 aliphatic rings. The first-order valence-corrected chi connectivity index (χ1v) is 10.3. The Hall–Kier alpha value is -2.58. The summed E-state index contributed by atoms with van der Waals surface area (Å²) >= 11 is 1.63. The maximum absolute atomic E-state index is 12.5. The fourth-order valence-corrected chi connectivity index (χ4v) is 4.68. The molecule has 1 saturated heterocycles. The summed E-state index contributed by atoms with van der Waals surface area (Å²) in [5, 5.41) is 6.08. The predicted octanol–water partition coefficient (Wildman–Crippen LogP) is 2.93. The van der Waals surface area contributed by atoms with E-state index < -0.39 is 0 Å². The standard InChI is InChI=1S/C20H24N6OS/c1-13-5-4-7-21-18(13)24-17(27)11-25-9-14(2)26(15(3)10-25)19-16-6-8-28-20(16)23-12-22-19/h4-8,12,14-15H,9-11H2,1-3H3,(H,21,24,27). The second-order valence-corrected chi connectivity index (χ2v) is 8.25. The zero-order valence-corrected chi connectivity index (χ0v) is 17.1. The van der Waals surface area contributed by atoms with Crippen molar-refractivity contribution < 1.29 is 4.79 Å². The number of rotatable bonds is 4. The van der Waals surface area contributed by atoms with Gasteiger partial charge in [0.2, 0.25) is 5.91 Å². The van der Waals surface area contributed by atoms with Crippen molar-refractivity contribution in [2.45, 2.75) is 32.9 Å². The lowest BCUT2D eigenvalue weighted by atomic mass is 10.1. The molecular formula is C20H24N6OS. The summed E-state index contributed by atoms with van der Waals surface area (Å²) in [7, 11) is 0. The van der Waals surface area contributed by atoms with Crippen LogP contribution in [0.4, 0.5) is 11.6 Å². The minimum atomic E-state index is -0.0306. The van der Waals surface area contributed by atoms with Crippen LogP contribution in [0.25, 0.3) is 10.2 Å². The van der Waals surface area contributed by atoms with Gasteiger partial charge in [0.15, 0.2) is 0 Å². The largest absolute Gasteiger partial charge is 0.348 e. The number of aryl methyl sites for hydroxylation is 1. The molecule has 3 aromatic rings. The van der Waals surface area contributed by atoms with Gasteiger partial charge >= 0.3 is 0 Å². The van der Waals surface area contributed by atoms with Gasteiger partial charge in [-0.25, -0.2) is 15.0 Å². The minimum absolute atomic E-state index is 0.0306. The van der Waals surface area contributed by atoms with Gasteiger partial charge in [-0.2, -0.15) is 0 Å². The molecule has 7 nitrogen and oxygen atoms in total. The molecule has 1 aliphatic heterocycles. The monoisotopic (exact) mass is 396 g/mol. The summed E-state index contributed by atoms with van der Waals surface area (Å²) in [4.78, 5) is 31.3. The first-order valence-electron chi connectivity index (χ1n) is 9.43. The molecule has 2 unspecified atom stereocenters. The molecule has 4 heterocycles. The van der Waals surface area contributed by atoms with E-state index in [-0.39, 0.29) is 18.0 Å². The number of aromatic nitrogens is 3. The minimum Gasteiger partial charge on any atom is -0.348 e. The van der Waals surface area contributed by atoms with E-state index in [0.29, 0.717) is 12.4 Å². The summed E-state index contributed by atoms with van der Waals surface area (Å²) < 4.78 is 0. The Kier molecular flexibility index (Phi) is 5.23. The van der Waals surface area contributed by atoms with Gasteiger partial charge in [-0.05, 0) is 43.8 Å². The van der Waals surface area contributed by atoms with Crippen molar-refractivity contribution in [2.75, 3.05) is 29.9 Å². The van der Waals surface area contributed by atoms with E-state index in [0.717, 1.165) is 34.7 Å². The average molecular weight is 397 g/mol. The molecule has 3 aromatic heterocycles. The highest BCUT2D eigenvalue weighted by molar-refractivity contribution is 7.16. The lowest BCUT2D eigenvalue weighted by molar-refractivity contribution is -0.117. The lowest BCUT2D eigenvalue weighted by Gasteiger charge is -2.45. The van der Waals surface area contributed by atoms with E-state index in [2.05, 4.69) is 55.4 Å². The second-order valence-electron chi connectivity index (χ2n) is 7.35. The van der Waals surface area contributed by atoms with E-state index in [1.54, 1.807) is 23.9 Å². The molecule has 4 rings (SSSR count). The van der Waals surface area contributed by atoms with E-state index >= 15 is 0 Å². The molecule has 0 aliphatic carbocycles. The number of piperazine rings is 1. The molecule has 1 amide bonds. The van der Waals surface area contributed by atoms with Crippen molar-refractivity contribution in [1.29, 1.82) is 0 Å². The van der Waals surface area contributed by atoms with Crippen LogP contribution in [0.15, 0.2) is 36.1 Å². The van der Waals surface area contributed by atoms with Crippen LogP contribution in [0.3, 0.4) is 0 Å². The third kappa shape index (κ3) is 3.70. The fourth-order valence-electron chi connectivity index (χ4n) is 3.95. The number of amides is 1. The number of hydrogen-bond acceptors (Lipinski definition) is 7. The van der Waals surface area contributed by atoms with Gasteiger partial charge in [0.05, 0.1) is 11.9 Å². The van der Waals surface area contributed by atoms with Gasteiger partial charge in [0.25, 0.3) is 0 Å². The molecule has 0 aromatic carbocycles. The molecule has 0 saturated carbocycles. The Morgan fingerprint density at radius 1 is 1.21 bits per heavy atom. The zero-order chi connectivity index (χ0) is 19.7. The number of nitrogens with one attached hydrogen (secondary N) is 1. The van der Waals surface area contributed by atoms with Crippen LogP contribution in [0.2, 0.25) is 0 Å². The Bertz CT molecular complexity index is 977. The number of carbonyl (C=O) groups excluding carboxylic acids is 1. The number of fused-ring (bicyclic) bond motifs is 1. The van der Waals surface area contributed by atoms with E-state index in [1.165, 1.54) is 0 Å². The summed E-state index contributed by atoms with van der Waals surface area (Å²) in [5.74, 6) is 1.59. The molecule has 28 heavy (non-hydrogen) atoms. The van der Waals surface area contributed by atoms with Crippen LogP contribution in [0.1, 0.15) is 19.4 Å². The third-order valence-electron chi connectivity index (χ3n) is 5.11. The van der Waals surface area contributed by atoms with Crippen molar-refractivity contribution in [3.05, 3.63) is 41.7 Å². The van der Waals surface area contributed by atoms with Gasteiger partial charge in [0.1, 0.15) is 22.8 Å². The third-order valence-corrected chi connectivity index (χ3v) is 5.94. The van der Waals surface area contributed by atoms with Crippen LogP contribution in [-0.4, -0.2) is 57.5 Å². The topological polar surface area (TPSA) is 74.2 Å². The zero-order valence-electron chi connectivity index (χ0n) is 16.3. The van der Waals surface area contributed by atoms with Crippen LogP contribution in [0.5, 0.6) is 0 Å². The second kappa shape index (κ2) is 7.81. The number of nitrogens with zero attached hydrogens (tertiary/aromatic N) is 5. The quantitative estimate of drug-likeness (QED) is 0.731. The van der Waals surface area contributed by atoms with Gasteiger partial charge < -0.3 is 10.2 Å². The normalized spacial score (nSPS) is 20.5. The Balaban J connectivity index is 1.44. The predicted molar refractivity (Wildman–Crippen MR) is 113 cm³/mol. The highest BCUT2D eigenvalue weighted by Gasteiger charge is 2.32. The average Bonchev–Trinajstić information content (AvgIpc) is 3.12. The Labute approximate surface area is 168 Å². The van der Waals surface area contributed by atoms with Crippen molar-refractivity contribution in [2.24, 2.45) is 0 Å². The van der Waals surface area contributed by atoms with E-state index in [4.69, 9.17) is 0 Å². The number of anilines is 2. The molecule has 0 radical (unpaired) electrons. The lowest BCUT2D eigenvalue weighted by Crippen LogP contribution is -2.58. The molecule has 0 spiro atoms. The highest BCUT2D eigenvalue weighted by atomic mass is 32.1. The maximum Gasteiger partial charge on any atom is 0.239 e. The summed E-state index contributed by atoms with van der Waals surface area (Å²) in [6.45, 7) is 8.27. The van der Waals surface area contributed by atoms with Gasteiger partial charge in [-0.1, -0.05) is 6.07 Å². The van der Waals surface area contributed by atoms with Crippen molar-refractivity contribution in [1.82, 2.24) is 19.9 Å². The van der Waals surface area contributed by atoms with Crippen LogP contribution in [0, 0.1) is 6.92 Å². The molecular weight excluding hydrogens is 372 g/mol. The number of thiophene rings is 1.